The maximum Gasteiger partial charge on any atom is 0.416 e. The van der Waals surface area contributed by atoms with Crippen molar-refractivity contribution in [3.63, 3.8) is 0 Å². The van der Waals surface area contributed by atoms with Gasteiger partial charge >= 0.3 is 12.1 Å². The fraction of sp³-hybridized carbons (Fsp3) is 0.640. The molecular formula is C25H35F3O4Si. The summed E-state index contributed by atoms with van der Waals surface area (Å²) in [6, 6.07) is 4.90. The lowest BCUT2D eigenvalue weighted by molar-refractivity contribution is -0.141. The van der Waals surface area contributed by atoms with Gasteiger partial charge < -0.3 is 13.9 Å². The van der Waals surface area contributed by atoms with Crippen LogP contribution < -0.4 is 4.74 Å². The lowest BCUT2D eigenvalue weighted by atomic mass is 9.88. The number of hydrogen-bond acceptors (Lipinski definition) is 4. The van der Waals surface area contributed by atoms with Crippen molar-refractivity contribution in [3.8, 4) is 5.75 Å². The predicted octanol–water partition coefficient (Wildman–Crippen LogP) is 6.62. The minimum atomic E-state index is -4.42. The summed E-state index contributed by atoms with van der Waals surface area (Å²) in [5.41, 5.74) is -0.742. The van der Waals surface area contributed by atoms with Crippen LogP contribution in [0.5, 0.6) is 5.75 Å². The molecule has 3 unspecified atom stereocenters. The van der Waals surface area contributed by atoms with Gasteiger partial charge in [0, 0.05) is 5.92 Å². The SMILES string of the molecule is CC1CC2OC(=O)CC2[C@H]1/C=C/[C@H](COc1cccc(C(F)(F)F)c1)O[Si](C)(C)C(C)(C)C. The average Bonchev–Trinajstić information content (AvgIpc) is 3.17. The molecule has 0 N–H and O–H groups in total. The first kappa shape index (κ1) is 25.8. The molecule has 1 aliphatic carbocycles. The average molecular weight is 485 g/mol. The van der Waals surface area contributed by atoms with E-state index in [2.05, 4.69) is 46.9 Å². The van der Waals surface area contributed by atoms with Crippen molar-refractivity contribution in [2.45, 2.75) is 77.1 Å². The summed E-state index contributed by atoms with van der Waals surface area (Å²) < 4.78 is 57.0. The molecule has 0 bridgehead atoms. The van der Waals surface area contributed by atoms with Crippen LogP contribution in [0.1, 0.15) is 46.1 Å². The van der Waals surface area contributed by atoms with Crippen molar-refractivity contribution in [3.05, 3.63) is 42.0 Å². The van der Waals surface area contributed by atoms with Crippen molar-refractivity contribution in [1.82, 2.24) is 0 Å². The second kappa shape index (κ2) is 9.45. The van der Waals surface area contributed by atoms with Crippen molar-refractivity contribution < 1.29 is 31.9 Å². The molecule has 0 radical (unpaired) electrons. The van der Waals surface area contributed by atoms with Crippen LogP contribution in [0, 0.1) is 17.8 Å². The molecule has 1 aliphatic heterocycles. The quantitative estimate of drug-likeness (QED) is 0.248. The summed E-state index contributed by atoms with van der Waals surface area (Å²) in [6.07, 6.45) is 0.489. The largest absolute Gasteiger partial charge is 0.491 e. The van der Waals surface area contributed by atoms with Crippen LogP contribution in [0.3, 0.4) is 0 Å². The minimum absolute atomic E-state index is 0.0248. The van der Waals surface area contributed by atoms with Crippen LogP contribution in [0.15, 0.2) is 36.4 Å². The Morgan fingerprint density at radius 3 is 2.58 bits per heavy atom. The fourth-order valence-electron chi connectivity index (χ4n) is 4.39. The predicted molar refractivity (Wildman–Crippen MR) is 123 cm³/mol. The first-order valence-electron chi connectivity index (χ1n) is 11.5. The molecule has 1 saturated carbocycles. The Balaban J connectivity index is 1.77. The number of carbonyl (C=O) groups excluding carboxylic acids is 1. The Morgan fingerprint density at radius 2 is 1.94 bits per heavy atom. The van der Waals surface area contributed by atoms with Crippen LogP contribution in [0.25, 0.3) is 0 Å². The molecule has 0 spiro atoms. The van der Waals surface area contributed by atoms with Gasteiger partial charge in [0.25, 0.3) is 0 Å². The summed E-state index contributed by atoms with van der Waals surface area (Å²) in [4.78, 5) is 11.7. The molecule has 1 aromatic carbocycles. The van der Waals surface area contributed by atoms with E-state index in [1.54, 1.807) is 0 Å². The highest BCUT2D eigenvalue weighted by atomic mass is 28.4. The van der Waals surface area contributed by atoms with Crippen molar-refractivity contribution >= 4 is 14.3 Å². The highest BCUT2D eigenvalue weighted by Gasteiger charge is 2.47. The van der Waals surface area contributed by atoms with Gasteiger partial charge in [-0.15, -0.1) is 0 Å². The van der Waals surface area contributed by atoms with Crippen LogP contribution in [-0.4, -0.2) is 33.1 Å². The zero-order chi connectivity index (χ0) is 24.6. The third kappa shape index (κ3) is 6.21. The number of benzene rings is 1. The van der Waals surface area contributed by atoms with E-state index in [0.717, 1.165) is 18.6 Å². The maximum absolute atomic E-state index is 13.1. The molecule has 0 amide bonds. The fourth-order valence-corrected chi connectivity index (χ4v) is 5.65. The lowest BCUT2D eigenvalue weighted by Crippen LogP contribution is -2.45. The third-order valence-corrected chi connectivity index (χ3v) is 11.8. The summed E-state index contributed by atoms with van der Waals surface area (Å²) in [5.74, 6) is 0.757. The molecule has 1 heterocycles. The van der Waals surface area contributed by atoms with Gasteiger partial charge in [0.1, 0.15) is 18.5 Å². The molecule has 8 heteroatoms. The maximum atomic E-state index is 13.1. The molecule has 1 saturated heterocycles. The second-order valence-corrected chi connectivity index (χ2v) is 15.6. The Kier molecular flexibility index (Phi) is 7.39. The number of ether oxygens (including phenoxy) is 2. The van der Waals surface area contributed by atoms with Crippen LogP contribution in [-0.2, 0) is 20.1 Å². The second-order valence-electron chi connectivity index (χ2n) is 10.8. The van der Waals surface area contributed by atoms with Gasteiger partial charge in [-0.2, -0.15) is 13.2 Å². The van der Waals surface area contributed by atoms with Gasteiger partial charge in [0.2, 0.25) is 0 Å². The lowest BCUT2D eigenvalue weighted by Gasteiger charge is -2.38. The number of allylic oxidation sites excluding steroid dienone is 1. The van der Waals surface area contributed by atoms with Gasteiger partial charge in [-0.3, -0.25) is 4.79 Å². The van der Waals surface area contributed by atoms with E-state index in [0.29, 0.717) is 12.3 Å². The number of fused-ring (bicyclic) bond motifs is 1. The molecule has 4 nitrogen and oxygen atoms in total. The Labute approximate surface area is 195 Å². The number of alkyl halides is 3. The van der Waals surface area contributed by atoms with Gasteiger partial charge in [-0.1, -0.05) is 45.9 Å². The number of esters is 1. The van der Waals surface area contributed by atoms with E-state index < -0.39 is 26.2 Å². The van der Waals surface area contributed by atoms with E-state index in [1.165, 1.54) is 12.1 Å². The van der Waals surface area contributed by atoms with E-state index in [4.69, 9.17) is 13.9 Å². The zero-order valence-electron chi connectivity index (χ0n) is 20.2. The highest BCUT2D eigenvalue weighted by molar-refractivity contribution is 6.74. The highest BCUT2D eigenvalue weighted by Crippen LogP contribution is 2.45. The van der Waals surface area contributed by atoms with Crippen molar-refractivity contribution in [2.75, 3.05) is 6.61 Å². The molecule has 3 rings (SSSR count). The normalized spacial score (nSPS) is 27.0. The van der Waals surface area contributed by atoms with E-state index >= 15 is 0 Å². The van der Waals surface area contributed by atoms with Gasteiger partial charge in [0.15, 0.2) is 8.32 Å². The summed E-state index contributed by atoms with van der Waals surface area (Å²) in [6.45, 7) is 12.9. The number of halogens is 3. The minimum Gasteiger partial charge on any atom is -0.491 e. The molecule has 1 aromatic rings. The Bertz CT molecular complexity index is 875. The first-order valence-corrected chi connectivity index (χ1v) is 14.4. The molecule has 2 fully saturated rings. The smallest absolute Gasteiger partial charge is 0.416 e. The van der Waals surface area contributed by atoms with Crippen LogP contribution in [0.4, 0.5) is 13.2 Å². The molecule has 2 aliphatic rings. The molecule has 33 heavy (non-hydrogen) atoms. The van der Waals surface area contributed by atoms with Gasteiger partial charge in [-0.25, -0.2) is 0 Å². The summed E-state index contributed by atoms with van der Waals surface area (Å²) >= 11 is 0. The summed E-state index contributed by atoms with van der Waals surface area (Å²) in [5, 5.41) is -0.0350. The molecule has 5 atom stereocenters. The number of carbonyl (C=O) groups is 1. The molecular weight excluding hydrogens is 449 g/mol. The standard InChI is InChI=1S/C25H35F3O4Si/c1-16-12-22-21(14-23(29)31-22)20(16)11-10-19(32-33(5,6)24(2,3)4)15-30-18-9-7-8-17(13-18)25(26,27)28/h7-11,13,16,19-22H,12,14-15H2,1-6H3/b11-10+/t16?,19-,20+,21?,22?/m1/s1. The topological polar surface area (TPSA) is 44.8 Å². The summed E-state index contributed by atoms with van der Waals surface area (Å²) in [7, 11) is -2.17. The molecule has 0 aromatic heterocycles. The van der Waals surface area contributed by atoms with Gasteiger partial charge in [-0.05, 0) is 54.6 Å². The van der Waals surface area contributed by atoms with Crippen LogP contribution >= 0.6 is 0 Å². The van der Waals surface area contributed by atoms with E-state index in [9.17, 15) is 18.0 Å². The van der Waals surface area contributed by atoms with E-state index in [1.807, 2.05) is 6.08 Å². The van der Waals surface area contributed by atoms with Gasteiger partial charge in [0.05, 0.1) is 18.1 Å². The third-order valence-electron chi connectivity index (χ3n) is 7.29. The van der Waals surface area contributed by atoms with Crippen molar-refractivity contribution in [1.29, 1.82) is 0 Å². The number of hydrogen-bond donors (Lipinski definition) is 0. The Morgan fingerprint density at radius 1 is 1.24 bits per heavy atom. The number of rotatable bonds is 7. The zero-order valence-corrected chi connectivity index (χ0v) is 21.2. The Hall–Kier alpha value is -1.80. The van der Waals surface area contributed by atoms with E-state index in [-0.39, 0.29) is 41.3 Å². The monoisotopic (exact) mass is 484 g/mol. The van der Waals surface area contributed by atoms with Crippen LogP contribution in [0.2, 0.25) is 18.1 Å². The van der Waals surface area contributed by atoms with Crippen molar-refractivity contribution in [2.24, 2.45) is 17.8 Å². The first-order chi connectivity index (χ1) is 15.2. The molecule has 184 valence electrons.